The second-order valence-electron chi connectivity index (χ2n) is 5.15. The SMILES string of the molecule is CSCCCCNCC1CN2CCCC2CO1. The minimum absolute atomic E-state index is 0.421. The molecule has 17 heavy (non-hydrogen) atoms. The van der Waals surface area contributed by atoms with E-state index in [1.54, 1.807) is 0 Å². The van der Waals surface area contributed by atoms with Gasteiger partial charge >= 0.3 is 0 Å². The first-order valence-electron chi connectivity index (χ1n) is 6.95. The molecule has 0 amide bonds. The molecule has 0 aromatic rings. The third kappa shape index (κ3) is 4.43. The van der Waals surface area contributed by atoms with Crippen molar-refractivity contribution in [3.63, 3.8) is 0 Å². The molecule has 2 saturated heterocycles. The topological polar surface area (TPSA) is 24.5 Å². The van der Waals surface area contributed by atoms with Crippen molar-refractivity contribution in [3.05, 3.63) is 0 Å². The van der Waals surface area contributed by atoms with Crippen LogP contribution in [-0.4, -0.2) is 61.8 Å². The van der Waals surface area contributed by atoms with Gasteiger partial charge in [-0.25, -0.2) is 0 Å². The Morgan fingerprint density at radius 2 is 2.35 bits per heavy atom. The number of hydrogen-bond acceptors (Lipinski definition) is 4. The normalized spacial score (nSPS) is 29.5. The van der Waals surface area contributed by atoms with Crippen molar-refractivity contribution < 1.29 is 4.74 Å². The average molecular weight is 258 g/mol. The number of unbranched alkanes of at least 4 members (excludes halogenated alkanes) is 1. The summed E-state index contributed by atoms with van der Waals surface area (Å²) in [6.07, 6.45) is 7.92. The third-order valence-corrected chi connectivity index (χ3v) is 4.48. The van der Waals surface area contributed by atoms with Gasteiger partial charge in [0.25, 0.3) is 0 Å². The van der Waals surface area contributed by atoms with E-state index in [1.807, 2.05) is 11.8 Å². The second kappa shape index (κ2) is 7.62. The van der Waals surface area contributed by atoms with E-state index in [2.05, 4.69) is 16.5 Å². The van der Waals surface area contributed by atoms with Crippen LogP contribution in [0.4, 0.5) is 0 Å². The lowest BCUT2D eigenvalue weighted by molar-refractivity contribution is -0.0468. The molecule has 3 nitrogen and oxygen atoms in total. The Balaban J connectivity index is 1.51. The number of hydrogen-bond donors (Lipinski definition) is 1. The molecule has 0 aromatic heterocycles. The van der Waals surface area contributed by atoms with Crippen molar-refractivity contribution in [2.45, 2.75) is 37.8 Å². The number of morpholine rings is 1. The molecule has 0 radical (unpaired) electrons. The average Bonchev–Trinajstić information content (AvgIpc) is 2.81. The van der Waals surface area contributed by atoms with Gasteiger partial charge in [0.1, 0.15) is 0 Å². The highest BCUT2D eigenvalue weighted by Gasteiger charge is 2.31. The summed E-state index contributed by atoms with van der Waals surface area (Å²) in [4.78, 5) is 2.61. The van der Waals surface area contributed by atoms with Crippen LogP contribution in [0.1, 0.15) is 25.7 Å². The van der Waals surface area contributed by atoms with Gasteiger partial charge in [-0.05, 0) is 50.8 Å². The van der Waals surface area contributed by atoms with E-state index < -0.39 is 0 Å². The molecule has 2 rings (SSSR count). The molecule has 0 bridgehead atoms. The number of nitrogens with zero attached hydrogens (tertiary/aromatic N) is 1. The number of nitrogens with one attached hydrogen (secondary N) is 1. The van der Waals surface area contributed by atoms with Crippen LogP contribution >= 0.6 is 11.8 Å². The lowest BCUT2D eigenvalue weighted by Gasteiger charge is -2.35. The minimum Gasteiger partial charge on any atom is -0.374 e. The molecule has 100 valence electrons. The van der Waals surface area contributed by atoms with Gasteiger partial charge in [-0.15, -0.1) is 0 Å². The molecule has 4 heteroatoms. The predicted molar refractivity (Wildman–Crippen MR) is 74.8 cm³/mol. The summed E-state index contributed by atoms with van der Waals surface area (Å²) in [5, 5.41) is 3.53. The number of thioether (sulfide) groups is 1. The van der Waals surface area contributed by atoms with Crippen LogP contribution in [0.15, 0.2) is 0 Å². The Morgan fingerprint density at radius 1 is 1.41 bits per heavy atom. The molecule has 2 unspecified atom stereocenters. The van der Waals surface area contributed by atoms with Crippen molar-refractivity contribution in [2.75, 3.05) is 44.8 Å². The highest BCUT2D eigenvalue weighted by molar-refractivity contribution is 7.98. The van der Waals surface area contributed by atoms with Crippen LogP contribution in [-0.2, 0) is 4.74 Å². The molecule has 2 fully saturated rings. The molecular weight excluding hydrogens is 232 g/mol. The maximum absolute atomic E-state index is 5.91. The first-order chi connectivity index (χ1) is 8.40. The van der Waals surface area contributed by atoms with Crippen molar-refractivity contribution in [3.8, 4) is 0 Å². The molecule has 0 aliphatic carbocycles. The highest BCUT2D eigenvalue weighted by atomic mass is 32.2. The van der Waals surface area contributed by atoms with E-state index in [-0.39, 0.29) is 0 Å². The van der Waals surface area contributed by atoms with Gasteiger partial charge in [0.2, 0.25) is 0 Å². The Hall–Kier alpha value is 0.230. The zero-order valence-corrected chi connectivity index (χ0v) is 11.8. The van der Waals surface area contributed by atoms with Crippen molar-refractivity contribution >= 4 is 11.8 Å². The monoisotopic (exact) mass is 258 g/mol. The zero-order valence-electron chi connectivity index (χ0n) is 11.0. The van der Waals surface area contributed by atoms with E-state index in [0.29, 0.717) is 6.10 Å². The third-order valence-electron chi connectivity index (χ3n) is 3.79. The van der Waals surface area contributed by atoms with Crippen molar-refractivity contribution in [1.82, 2.24) is 10.2 Å². The van der Waals surface area contributed by atoms with Gasteiger partial charge in [-0.2, -0.15) is 11.8 Å². The van der Waals surface area contributed by atoms with Crippen molar-refractivity contribution in [2.24, 2.45) is 0 Å². The first-order valence-corrected chi connectivity index (χ1v) is 8.35. The lowest BCUT2D eigenvalue weighted by atomic mass is 10.2. The van der Waals surface area contributed by atoms with E-state index in [1.165, 1.54) is 38.0 Å². The van der Waals surface area contributed by atoms with Gasteiger partial charge < -0.3 is 10.1 Å². The smallest absolute Gasteiger partial charge is 0.0826 e. The molecule has 2 aliphatic rings. The fraction of sp³-hybridized carbons (Fsp3) is 1.00. The van der Waals surface area contributed by atoms with Gasteiger partial charge in [0, 0.05) is 19.1 Å². The summed E-state index contributed by atoms with van der Waals surface area (Å²) in [5.41, 5.74) is 0. The molecule has 2 atom stereocenters. The van der Waals surface area contributed by atoms with Crippen LogP contribution < -0.4 is 5.32 Å². The molecule has 0 saturated carbocycles. The lowest BCUT2D eigenvalue weighted by Crippen LogP contribution is -2.49. The predicted octanol–water partition coefficient (Wildman–Crippen LogP) is 1.58. The Labute approximate surface area is 110 Å². The molecule has 2 aliphatic heterocycles. The Morgan fingerprint density at radius 3 is 3.24 bits per heavy atom. The van der Waals surface area contributed by atoms with Crippen LogP contribution in [0.5, 0.6) is 0 Å². The van der Waals surface area contributed by atoms with Gasteiger partial charge in [0.15, 0.2) is 0 Å². The van der Waals surface area contributed by atoms with Gasteiger partial charge in [-0.1, -0.05) is 0 Å². The zero-order chi connectivity index (χ0) is 11.9. The molecule has 0 spiro atoms. The van der Waals surface area contributed by atoms with Crippen molar-refractivity contribution in [1.29, 1.82) is 0 Å². The number of ether oxygens (including phenoxy) is 1. The highest BCUT2D eigenvalue weighted by Crippen LogP contribution is 2.22. The maximum Gasteiger partial charge on any atom is 0.0826 e. The quantitative estimate of drug-likeness (QED) is 0.701. The second-order valence-corrected chi connectivity index (χ2v) is 6.14. The summed E-state index contributed by atoms with van der Waals surface area (Å²) >= 11 is 1.94. The fourth-order valence-corrected chi connectivity index (χ4v) is 3.26. The fourth-order valence-electron chi connectivity index (χ4n) is 2.77. The summed E-state index contributed by atoms with van der Waals surface area (Å²) in [6.45, 7) is 5.56. The standard InChI is InChI=1S/C13H26N2OS/c1-17-8-3-2-6-14-9-13-10-15-7-4-5-12(15)11-16-13/h12-14H,2-11H2,1H3. The maximum atomic E-state index is 5.91. The van der Waals surface area contributed by atoms with Crippen LogP contribution in [0.25, 0.3) is 0 Å². The van der Waals surface area contributed by atoms with Crippen LogP contribution in [0.2, 0.25) is 0 Å². The van der Waals surface area contributed by atoms with Crippen LogP contribution in [0.3, 0.4) is 0 Å². The van der Waals surface area contributed by atoms with Gasteiger partial charge in [-0.3, -0.25) is 4.90 Å². The van der Waals surface area contributed by atoms with E-state index >= 15 is 0 Å². The summed E-state index contributed by atoms with van der Waals surface area (Å²) in [5.74, 6) is 1.29. The molecule has 1 N–H and O–H groups in total. The molecule has 2 heterocycles. The largest absolute Gasteiger partial charge is 0.374 e. The van der Waals surface area contributed by atoms with Gasteiger partial charge in [0.05, 0.1) is 12.7 Å². The minimum atomic E-state index is 0.421. The first kappa shape index (κ1) is 13.7. The summed E-state index contributed by atoms with van der Waals surface area (Å²) in [6, 6.07) is 0.729. The molecular formula is C13H26N2OS. The van der Waals surface area contributed by atoms with Crippen LogP contribution in [0, 0.1) is 0 Å². The summed E-state index contributed by atoms with van der Waals surface area (Å²) < 4.78 is 5.91. The van der Waals surface area contributed by atoms with E-state index in [9.17, 15) is 0 Å². The van der Waals surface area contributed by atoms with E-state index in [0.717, 1.165) is 32.3 Å². The Kier molecular flexibility index (Phi) is 6.12. The number of fused-ring (bicyclic) bond motifs is 1. The summed E-state index contributed by atoms with van der Waals surface area (Å²) in [7, 11) is 0. The Bertz CT molecular complexity index is 216. The van der Waals surface area contributed by atoms with E-state index in [4.69, 9.17) is 4.74 Å². The molecule has 0 aromatic carbocycles. The number of rotatable bonds is 7.